The van der Waals surface area contributed by atoms with Gasteiger partial charge in [0.05, 0.1) is 10.8 Å². The molecule has 1 rings (SSSR count). The lowest BCUT2D eigenvalue weighted by Gasteiger charge is -2.19. The monoisotopic (exact) mass is 376 g/mol. The Labute approximate surface area is 164 Å². The summed E-state index contributed by atoms with van der Waals surface area (Å²) in [6.07, 6.45) is 7.13. The molecule has 0 saturated heterocycles. The number of hydrogen-bond donors (Lipinski definition) is 2. The molecule has 0 heterocycles. The molecule has 0 aromatic heterocycles. The number of carbonyl (C=O) groups is 2. The molecule has 0 aliphatic rings. The van der Waals surface area contributed by atoms with Gasteiger partial charge in [-0.1, -0.05) is 36.6 Å². The normalized spacial score (nSPS) is 12.2. The van der Waals surface area contributed by atoms with Crippen LogP contribution in [0.3, 0.4) is 0 Å². The third-order valence-corrected chi connectivity index (χ3v) is 5.39. The molecule has 0 spiro atoms. The summed E-state index contributed by atoms with van der Waals surface area (Å²) in [5, 5.41) is 18.4. The van der Waals surface area contributed by atoms with E-state index in [1.807, 2.05) is 0 Å². The second-order valence-electron chi connectivity index (χ2n) is 9.12. The number of benzene rings is 1. The quantitative estimate of drug-likeness (QED) is 0.463. The van der Waals surface area contributed by atoms with E-state index in [9.17, 15) is 19.8 Å². The number of aryl methyl sites for hydroxylation is 3. The van der Waals surface area contributed by atoms with E-state index in [0.29, 0.717) is 12.8 Å². The van der Waals surface area contributed by atoms with Crippen LogP contribution in [0, 0.1) is 17.8 Å². The molecule has 0 radical (unpaired) electrons. The van der Waals surface area contributed by atoms with Crippen molar-refractivity contribution in [3.05, 3.63) is 34.9 Å². The van der Waals surface area contributed by atoms with Crippen LogP contribution >= 0.6 is 0 Å². The second-order valence-corrected chi connectivity index (χ2v) is 9.12. The highest BCUT2D eigenvalue weighted by molar-refractivity contribution is 5.73. The van der Waals surface area contributed by atoms with Gasteiger partial charge in [-0.15, -0.1) is 0 Å². The Balaban J connectivity index is 2.48. The van der Waals surface area contributed by atoms with E-state index < -0.39 is 22.8 Å². The topological polar surface area (TPSA) is 74.6 Å². The van der Waals surface area contributed by atoms with Crippen LogP contribution < -0.4 is 0 Å². The van der Waals surface area contributed by atoms with E-state index in [4.69, 9.17) is 0 Å². The van der Waals surface area contributed by atoms with Crippen LogP contribution in [0.5, 0.6) is 0 Å². The summed E-state index contributed by atoms with van der Waals surface area (Å²) >= 11 is 0. The lowest BCUT2D eigenvalue weighted by molar-refractivity contribution is -0.148. The summed E-state index contributed by atoms with van der Waals surface area (Å²) in [7, 11) is 0. The van der Waals surface area contributed by atoms with Gasteiger partial charge in [-0.25, -0.2) is 0 Å². The number of unbranched alkanes of at least 4 members (excludes halogenated alkanes) is 2. The predicted molar refractivity (Wildman–Crippen MR) is 109 cm³/mol. The highest BCUT2D eigenvalue weighted by atomic mass is 16.4. The first kappa shape index (κ1) is 23.2. The Kier molecular flexibility index (Phi) is 8.52. The van der Waals surface area contributed by atoms with Gasteiger partial charge in [0.2, 0.25) is 0 Å². The van der Waals surface area contributed by atoms with Gasteiger partial charge in [-0.05, 0) is 84.3 Å². The van der Waals surface area contributed by atoms with Gasteiger partial charge in [-0.2, -0.15) is 0 Å². The summed E-state index contributed by atoms with van der Waals surface area (Å²) in [6.45, 7) is 9.24. The van der Waals surface area contributed by atoms with Gasteiger partial charge in [0.1, 0.15) is 0 Å². The molecule has 0 fully saturated rings. The maximum absolute atomic E-state index is 11.2. The Bertz CT molecular complexity index is 592. The van der Waals surface area contributed by atoms with Crippen LogP contribution in [-0.2, 0) is 22.4 Å². The van der Waals surface area contributed by atoms with Crippen molar-refractivity contribution in [2.75, 3.05) is 0 Å². The maximum atomic E-state index is 11.2. The molecule has 27 heavy (non-hydrogen) atoms. The minimum atomic E-state index is -0.730. The van der Waals surface area contributed by atoms with E-state index in [1.54, 1.807) is 27.7 Å². The van der Waals surface area contributed by atoms with Gasteiger partial charge in [0, 0.05) is 0 Å². The number of hydrogen-bond acceptors (Lipinski definition) is 2. The summed E-state index contributed by atoms with van der Waals surface area (Å²) in [6, 6.07) is 6.66. The van der Waals surface area contributed by atoms with Crippen LogP contribution in [0.2, 0.25) is 0 Å². The van der Waals surface area contributed by atoms with Crippen molar-refractivity contribution in [2.24, 2.45) is 10.8 Å². The fourth-order valence-electron chi connectivity index (χ4n) is 3.24. The van der Waals surface area contributed by atoms with Gasteiger partial charge < -0.3 is 10.2 Å². The Morgan fingerprint density at radius 2 is 1.11 bits per heavy atom. The molecule has 0 aliphatic carbocycles. The molecule has 152 valence electrons. The van der Waals surface area contributed by atoms with Crippen molar-refractivity contribution in [2.45, 2.75) is 86.0 Å². The van der Waals surface area contributed by atoms with E-state index in [1.165, 1.54) is 16.7 Å². The first-order valence-corrected chi connectivity index (χ1v) is 10.0. The van der Waals surface area contributed by atoms with Crippen molar-refractivity contribution >= 4 is 11.9 Å². The Morgan fingerprint density at radius 1 is 0.741 bits per heavy atom. The smallest absolute Gasteiger partial charge is 0.309 e. The van der Waals surface area contributed by atoms with Crippen LogP contribution in [0.1, 0.15) is 82.9 Å². The lowest BCUT2D eigenvalue weighted by atomic mass is 9.86. The molecule has 1 aromatic rings. The van der Waals surface area contributed by atoms with Gasteiger partial charge in [0.25, 0.3) is 0 Å². The first-order chi connectivity index (χ1) is 12.4. The van der Waals surface area contributed by atoms with Crippen molar-refractivity contribution < 1.29 is 19.8 Å². The number of rotatable bonds is 12. The first-order valence-electron chi connectivity index (χ1n) is 10.0. The molecule has 0 saturated carbocycles. The van der Waals surface area contributed by atoms with Crippen molar-refractivity contribution in [1.29, 1.82) is 0 Å². The minimum Gasteiger partial charge on any atom is -0.481 e. The zero-order valence-corrected chi connectivity index (χ0v) is 17.6. The zero-order valence-electron chi connectivity index (χ0n) is 17.6. The maximum Gasteiger partial charge on any atom is 0.309 e. The standard InChI is InChI=1S/C23H36O4/c1-17-14-18(10-6-8-12-22(2,3)20(24)25)16-19(15-17)11-7-9-13-23(4,5)21(26)27/h14-16H,6-13H2,1-5H3,(H,24,25)(H,26,27). The average molecular weight is 377 g/mol. The van der Waals surface area contributed by atoms with Crippen LogP contribution in [0.4, 0.5) is 0 Å². The zero-order chi connectivity index (χ0) is 20.7. The van der Waals surface area contributed by atoms with Crippen LogP contribution in [-0.4, -0.2) is 22.2 Å². The largest absolute Gasteiger partial charge is 0.481 e. The average Bonchev–Trinajstić information content (AvgIpc) is 2.55. The molecule has 1 aromatic carbocycles. The second kappa shape index (κ2) is 9.91. The molecule has 0 amide bonds. The highest BCUT2D eigenvalue weighted by Crippen LogP contribution is 2.25. The predicted octanol–water partition coefficient (Wildman–Crippen LogP) is 5.64. The summed E-state index contributed by atoms with van der Waals surface area (Å²) < 4.78 is 0. The minimum absolute atomic E-state index is 0.651. The van der Waals surface area contributed by atoms with E-state index in [0.717, 1.165) is 38.5 Å². The molecule has 4 nitrogen and oxygen atoms in total. The number of carboxylic acid groups (broad SMARTS) is 2. The molecular weight excluding hydrogens is 340 g/mol. The third-order valence-electron chi connectivity index (χ3n) is 5.39. The molecule has 2 N–H and O–H groups in total. The van der Waals surface area contributed by atoms with Gasteiger partial charge in [0.15, 0.2) is 0 Å². The van der Waals surface area contributed by atoms with Crippen molar-refractivity contribution in [3.63, 3.8) is 0 Å². The van der Waals surface area contributed by atoms with Crippen molar-refractivity contribution in [1.82, 2.24) is 0 Å². The number of aliphatic carboxylic acids is 2. The molecule has 0 atom stereocenters. The summed E-state index contributed by atoms with van der Waals surface area (Å²) in [5.41, 5.74) is 2.57. The molecule has 0 bridgehead atoms. The van der Waals surface area contributed by atoms with Gasteiger partial charge in [-0.3, -0.25) is 9.59 Å². The van der Waals surface area contributed by atoms with Gasteiger partial charge >= 0.3 is 11.9 Å². The summed E-state index contributed by atoms with van der Waals surface area (Å²) in [4.78, 5) is 22.3. The summed E-state index contributed by atoms with van der Waals surface area (Å²) in [5.74, 6) is -1.46. The number of carboxylic acids is 2. The van der Waals surface area contributed by atoms with E-state index in [-0.39, 0.29) is 0 Å². The van der Waals surface area contributed by atoms with Crippen LogP contribution in [0.25, 0.3) is 0 Å². The fraction of sp³-hybridized carbons (Fsp3) is 0.652. The van der Waals surface area contributed by atoms with Crippen molar-refractivity contribution in [3.8, 4) is 0 Å². The molecular formula is C23H36O4. The SMILES string of the molecule is Cc1cc(CCCCC(C)(C)C(=O)O)cc(CCCCC(C)(C)C(=O)O)c1. The third kappa shape index (κ3) is 8.15. The molecule has 0 unspecified atom stereocenters. The molecule has 4 heteroatoms. The highest BCUT2D eigenvalue weighted by Gasteiger charge is 2.26. The Hall–Kier alpha value is -1.84. The van der Waals surface area contributed by atoms with E-state index in [2.05, 4.69) is 25.1 Å². The molecule has 0 aliphatic heterocycles. The Morgan fingerprint density at radius 3 is 1.44 bits per heavy atom. The van der Waals surface area contributed by atoms with Crippen LogP contribution in [0.15, 0.2) is 18.2 Å². The fourth-order valence-corrected chi connectivity index (χ4v) is 3.24. The van der Waals surface area contributed by atoms with E-state index >= 15 is 0 Å². The lowest BCUT2D eigenvalue weighted by Crippen LogP contribution is -2.23.